The van der Waals surface area contributed by atoms with Gasteiger partial charge in [-0.1, -0.05) is 29.0 Å². The Morgan fingerprint density at radius 1 is 0.974 bits per heavy atom. The second-order valence-corrected chi connectivity index (χ2v) is 10.0. The van der Waals surface area contributed by atoms with E-state index < -0.39 is 17.7 Å². The van der Waals surface area contributed by atoms with E-state index >= 15 is 0 Å². The summed E-state index contributed by atoms with van der Waals surface area (Å²) in [5, 5.41) is 12.1. The van der Waals surface area contributed by atoms with E-state index in [0.29, 0.717) is 44.0 Å². The second kappa shape index (κ2) is 10.00. The van der Waals surface area contributed by atoms with Crippen molar-refractivity contribution in [2.75, 3.05) is 26.2 Å². The fourth-order valence-electron chi connectivity index (χ4n) is 4.49. The molecular weight excluding hydrogens is 528 g/mol. The molecule has 0 unspecified atom stereocenters. The lowest BCUT2D eigenvalue weighted by Crippen LogP contribution is -2.29. The Kier molecular flexibility index (Phi) is 6.73. The molecule has 1 N–H and O–H groups in total. The molecule has 4 aromatic rings. The predicted molar refractivity (Wildman–Crippen MR) is 147 cm³/mol. The Hall–Kier alpha value is -4.08. The van der Waals surface area contributed by atoms with Crippen LogP contribution >= 0.6 is 22.9 Å². The van der Waals surface area contributed by atoms with E-state index in [9.17, 15) is 14.7 Å². The third-order valence-electron chi connectivity index (χ3n) is 6.30. The van der Waals surface area contributed by atoms with E-state index in [2.05, 4.69) is 4.98 Å². The van der Waals surface area contributed by atoms with Crippen molar-refractivity contribution in [2.45, 2.75) is 13.0 Å². The van der Waals surface area contributed by atoms with Gasteiger partial charge >= 0.3 is 5.91 Å². The van der Waals surface area contributed by atoms with Crippen LogP contribution in [-0.2, 0) is 9.59 Å². The van der Waals surface area contributed by atoms with Gasteiger partial charge in [-0.15, -0.1) is 0 Å². The van der Waals surface area contributed by atoms with Gasteiger partial charge in [0.05, 0.1) is 43.2 Å². The van der Waals surface area contributed by atoms with Crippen LogP contribution in [0.1, 0.15) is 22.7 Å². The first-order valence-electron chi connectivity index (χ1n) is 11.5. The van der Waals surface area contributed by atoms with Crippen LogP contribution < -0.4 is 19.1 Å². The van der Waals surface area contributed by atoms with Crippen molar-refractivity contribution in [3.8, 4) is 17.2 Å². The standard InChI is InChI=1S/C28H23ClN2O6S/c1-14-5-10-18-21(11-14)38-28(30-18)31-23(16-12-19(35-2)26(37-4)20(13-16)36-3)22(25(33)27(31)34)24(32)15-6-8-17(29)9-7-15/h5-13,23,32H,1-4H3/b24-22+/t23-/m1/s1. The van der Waals surface area contributed by atoms with Gasteiger partial charge in [0.25, 0.3) is 5.78 Å². The van der Waals surface area contributed by atoms with Gasteiger partial charge in [-0.25, -0.2) is 4.98 Å². The summed E-state index contributed by atoms with van der Waals surface area (Å²) in [6.45, 7) is 1.97. The zero-order valence-corrected chi connectivity index (χ0v) is 22.5. The number of nitrogens with zero attached hydrogens (tertiary/aromatic N) is 2. The molecule has 1 fully saturated rings. The van der Waals surface area contributed by atoms with Crippen molar-refractivity contribution >= 4 is 55.7 Å². The Morgan fingerprint density at radius 3 is 2.24 bits per heavy atom. The maximum Gasteiger partial charge on any atom is 0.301 e. The van der Waals surface area contributed by atoms with E-state index in [-0.39, 0.29) is 11.3 Å². The average Bonchev–Trinajstić information content (AvgIpc) is 3.45. The largest absolute Gasteiger partial charge is 0.507 e. The number of thiazole rings is 1. The number of fused-ring (bicyclic) bond motifs is 1. The Labute approximate surface area is 227 Å². The van der Waals surface area contributed by atoms with Crippen LogP contribution in [0.4, 0.5) is 5.13 Å². The van der Waals surface area contributed by atoms with Crippen molar-refractivity contribution in [1.82, 2.24) is 4.98 Å². The van der Waals surface area contributed by atoms with Crippen LogP contribution in [0, 0.1) is 6.92 Å². The van der Waals surface area contributed by atoms with Crippen LogP contribution in [0.25, 0.3) is 16.0 Å². The SMILES string of the molecule is COc1cc([C@@H]2/C(=C(\O)c3ccc(Cl)cc3)C(=O)C(=O)N2c2nc3ccc(C)cc3s2)cc(OC)c1OC. The molecule has 1 saturated heterocycles. The number of methoxy groups -OCH3 is 3. The molecule has 0 bridgehead atoms. The van der Waals surface area contributed by atoms with Gasteiger partial charge in [-0.2, -0.15) is 0 Å². The number of aromatic nitrogens is 1. The number of carbonyl (C=O) groups excluding carboxylic acids is 2. The van der Waals surface area contributed by atoms with Crippen LogP contribution in [0.5, 0.6) is 17.2 Å². The molecule has 1 atom stereocenters. The number of aliphatic hydroxyl groups excluding tert-OH is 1. The summed E-state index contributed by atoms with van der Waals surface area (Å²) in [5.41, 5.74) is 2.44. The van der Waals surface area contributed by atoms with Gasteiger partial charge < -0.3 is 19.3 Å². The number of ketones is 1. The molecule has 0 saturated carbocycles. The number of aryl methyl sites for hydroxylation is 1. The highest BCUT2D eigenvalue weighted by Crippen LogP contribution is 2.48. The van der Waals surface area contributed by atoms with Gasteiger partial charge in [0.2, 0.25) is 5.75 Å². The molecule has 1 amide bonds. The number of rotatable bonds is 6. The summed E-state index contributed by atoms with van der Waals surface area (Å²) in [7, 11) is 4.43. The lowest BCUT2D eigenvalue weighted by Gasteiger charge is -2.24. The Morgan fingerprint density at radius 2 is 1.63 bits per heavy atom. The average molecular weight is 551 g/mol. The van der Waals surface area contributed by atoms with Gasteiger partial charge in [-0.05, 0) is 66.6 Å². The predicted octanol–water partition coefficient (Wildman–Crippen LogP) is 5.91. The molecule has 0 spiro atoms. The zero-order valence-electron chi connectivity index (χ0n) is 20.9. The van der Waals surface area contributed by atoms with Gasteiger partial charge in [0, 0.05) is 10.6 Å². The summed E-state index contributed by atoms with van der Waals surface area (Å²) < 4.78 is 17.4. The number of carbonyl (C=O) groups is 2. The fraction of sp³-hybridized carbons (Fsp3) is 0.179. The molecule has 2 heterocycles. The smallest absolute Gasteiger partial charge is 0.301 e. The van der Waals surface area contributed by atoms with Crippen molar-refractivity contribution in [3.05, 3.63) is 81.9 Å². The van der Waals surface area contributed by atoms with Crippen LogP contribution in [-0.4, -0.2) is 43.1 Å². The van der Waals surface area contributed by atoms with Gasteiger partial charge in [0.1, 0.15) is 5.76 Å². The first kappa shape index (κ1) is 25.6. The van der Waals surface area contributed by atoms with Crippen LogP contribution in [0.3, 0.4) is 0 Å². The van der Waals surface area contributed by atoms with Crippen molar-refractivity contribution in [2.24, 2.45) is 0 Å². The molecule has 0 aliphatic carbocycles. The molecule has 0 radical (unpaired) electrons. The van der Waals surface area contributed by atoms with Gasteiger partial charge in [0.15, 0.2) is 16.6 Å². The summed E-state index contributed by atoms with van der Waals surface area (Å²) in [6.07, 6.45) is 0. The minimum atomic E-state index is -1.03. The van der Waals surface area contributed by atoms with E-state index in [1.54, 1.807) is 36.4 Å². The van der Waals surface area contributed by atoms with Crippen molar-refractivity contribution in [1.29, 1.82) is 0 Å². The number of aliphatic hydroxyl groups is 1. The maximum absolute atomic E-state index is 13.6. The molecule has 3 aromatic carbocycles. The molecule has 1 aliphatic heterocycles. The lowest BCUT2D eigenvalue weighted by molar-refractivity contribution is -0.132. The molecule has 1 aromatic heterocycles. The molecule has 8 nitrogen and oxygen atoms in total. The fourth-order valence-corrected chi connectivity index (χ4v) is 5.71. The molecule has 5 rings (SSSR count). The Bertz CT molecular complexity index is 1590. The van der Waals surface area contributed by atoms with Crippen LogP contribution in [0.15, 0.2) is 60.2 Å². The summed E-state index contributed by atoms with van der Waals surface area (Å²) in [4.78, 5) is 33.0. The number of hydrogen-bond acceptors (Lipinski definition) is 8. The highest BCUT2D eigenvalue weighted by Gasteiger charge is 2.48. The molecule has 10 heteroatoms. The number of ether oxygens (including phenoxy) is 3. The Balaban J connectivity index is 1.78. The summed E-state index contributed by atoms with van der Waals surface area (Å²) in [6, 6.07) is 14.4. The molecular formula is C28H23ClN2O6S. The van der Waals surface area contributed by atoms with Crippen molar-refractivity contribution in [3.63, 3.8) is 0 Å². The number of anilines is 1. The van der Waals surface area contributed by atoms with Crippen molar-refractivity contribution < 1.29 is 28.9 Å². The van der Waals surface area contributed by atoms with Gasteiger partial charge in [-0.3, -0.25) is 14.5 Å². The quantitative estimate of drug-likeness (QED) is 0.181. The lowest BCUT2D eigenvalue weighted by atomic mass is 9.95. The first-order chi connectivity index (χ1) is 18.3. The van der Waals surface area contributed by atoms with E-state index in [1.807, 2.05) is 25.1 Å². The number of amides is 1. The van der Waals surface area contributed by atoms with E-state index in [1.165, 1.54) is 37.6 Å². The third kappa shape index (κ3) is 4.23. The molecule has 1 aliphatic rings. The minimum absolute atomic E-state index is 0.0953. The number of halogens is 1. The van der Waals surface area contributed by atoms with E-state index in [4.69, 9.17) is 25.8 Å². The number of hydrogen-bond donors (Lipinski definition) is 1. The zero-order chi connectivity index (χ0) is 27.1. The molecule has 38 heavy (non-hydrogen) atoms. The van der Waals surface area contributed by atoms with E-state index in [0.717, 1.165) is 10.3 Å². The topological polar surface area (TPSA) is 98.2 Å². The highest BCUT2D eigenvalue weighted by atomic mass is 35.5. The van der Waals surface area contributed by atoms with Crippen LogP contribution in [0.2, 0.25) is 5.02 Å². The number of benzene rings is 3. The normalized spacial score (nSPS) is 16.8. The summed E-state index contributed by atoms with van der Waals surface area (Å²) >= 11 is 7.31. The molecule has 194 valence electrons. The minimum Gasteiger partial charge on any atom is -0.507 e. The highest BCUT2D eigenvalue weighted by molar-refractivity contribution is 7.22. The monoisotopic (exact) mass is 550 g/mol. The number of Topliss-reactive ketones (excluding diaryl/α,β-unsaturated/α-hetero) is 1. The second-order valence-electron chi connectivity index (χ2n) is 8.60. The maximum atomic E-state index is 13.6. The first-order valence-corrected chi connectivity index (χ1v) is 12.7. The summed E-state index contributed by atoms with van der Waals surface area (Å²) in [5.74, 6) is -0.971. The third-order valence-corrected chi connectivity index (χ3v) is 7.57.